The van der Waals surface area contributed by atoms with Crippen LogP contribution in [0.4, 0.5) is 11.4 Å². The number of carbonyl (C=O) groups is 1. The fourth-order valence-corrected chi connectivity index (χ4v) is 4.61. The maximum atomic E-state index is 12.1. The van der Waals surface area contributed by atoms with Gasteiger partial charge in [-0.1, -0.05) is 0 Å². The van der Waals surface area contributed by atoms with E-state index in [1.807, 2.05) is 48.2 Å². The number of nitrogens with one attached hydrogen (secondary N) is 2. The first-order valence-electron chi connectivity index (χ1n) is 10.6. The van der Waals surface area contributed by atoms with Gasteiger partial charge in [-0.2, -0.15) is 0 Å². The van der Waals surface area contributed by atoms with Crippen molar-refractivity contribution < 1.29 is 14.3 Å². The van der Waals surface area contributed by atoms with Crippen LogP contribution >= 0.6 is 12.2 Å². The van der Waals surface area contributed by atoms with Gasteiger partial charge in [0.1, 0.15) is 17.1 Å². The van der Waals surface area contributed by atoms with E-state index in [4.69, 9.17) is 21.7 Å². The van der Waals surface area contributed by atoms with Gasteiger partial charge < -0.3 is 25.0 Å². The zero-order valence-electron chi connectivity index (χ0n) is 18.5. The molecule has 0 aliphatic carbocycles. The Kier molecular flexibility index (Phi) is 5.79. The van der Waals surface area contributed by atoms with Crippen molar-refractivity contribution in [1.29, 1.82) is 0 Å². The third-order valence-electron chi connectivity index (χ3n) is 5.80. The normalized spacial score (nSPS) is 19.4. The lowest BCUT2D eigenvalue weighted by Crippen LogP contribution is -2.42. The van der Waals surface area contributed by atoms with Crippen LogP contribution in [0.1, 0.15) is 50.3 Å². The number of hydrogen-bond acceptors (Lipinski definition) is 4. The number of methoxy groups -OCH3 is 1. The second-order valence-electron chi connectivity index (χ2n) is 8.77. The molecular formula is C24H29N3O3S. The first kappa shape index (κ1) is 21.4. The first-order valence-corrected chi connectivity index (χ1v) is 11.0. The molecule has 0 aromatic heterocycles. The van der Waals surface area contributed by atoms with Crippen LogP contribution < -0.4 is 25.0 Å². The van der Waals surface area contributed by atoms with E-state index in [-0.39, 0.29) is 17.6 Å². The topological polar surface area (TPSA) is 62.8 Å². The van der Waals surface area contributed by atoms with Gasteiger partial charge in [0.15, 0.2) is 5.11 Å². The van der Waals surface area contributed by atoms with Crippen LogP contribution in [0.25, 0.3) is 0 Å². The number of fused-ring (bicyclic) bond motifs is 1. The van der Waals surface area contributed by atoms with E-state index in [0.717, 1.165) is 53.4 Å². The molecule has 1 amide bonds. The lowest BCUT2D eigenvalue weighted by Gasteiger charge is -2.38. The molecule has 0 spiro atoms. The maximum absolute atomic E-state index is 12.1. The summed E-state index contributed by atoms with van der Waals surface area (Å²) >= 11 is 5.62. The molecule has 4 rings (SSSR count). The lowest BCUT2D eigenvalue weighted by atomic mass is 9.89. The predicted molar refractivity (Wildman–Crippen MR) is 127 cm³/mol. The monoisotopic (exact) mass is 439 g/mol. The number of carbonyl (C=O) groups excluding carboxylic acids is 1. The molecule has 7 heteroatoms. The van der Waals surface area contributed by atoms with Crippen LogP contribution in [0, 0.1) is 6.92 Å². The van der Waals surface area contributed by atoms with Crippen LogP contribution in [-0.4, -0.2) is 30.3 Å². The van der Waals surface area contributed by atoms with Crippen molar-refractivity contribution >= 4 is 34.6 Å². The molecule has 1 saturated heterocycles. The van der Waals surface area contributed by atoms with Crippen molar-refractivity contribution in [3.05, 3.63) is 47.5 Å². The number of aryl methyl sites for hydroxylation is 1. The van der Waals surface area contributed by atoms with Crippen LogP contribution in [0.15, 0.2) is 36.4 Å². The Hall–Kier alpha value is -2.80. The third kappa shape index (κ3) is 4.61. The van der Waals surface area contributed by atoms with Gasteiger partial charge in [0.05, 0.1) is 13.2 Å². The Morgan fingerprint density at radius 3 is 2.74 bits per heavy atom. The fraction of sp³-hybridized carbons (Fsp3) is 0.417. The van der Waals surface area contributed by atoms with E-state index in [9.17, 15) is 4.79 Å². The Labute approximate surface area is 188 Å². The van der Waals surface area contributed by atoms with Gasteiger partial charge in [-0.3, -0.25) is 4.79 Å². The highest BCUT2D eigenvalue weighted by atomic mass is 32.1. The van der Waals surface area contributed by atoms with E-state index in [0.29, 0.717) is 11.5 Å². The second-order valence-corrected chi connectivity index (χ2v) is 9.18. The van der Waals surface area contributed by atoms with Gasteiger partial charge in [-0.15, -0.1) is 0 Å². The maximum Gasteiger partial charge on any atom is 0.227 e. The molecular weight excluding hydrogens is 410 g/mol. The third-order valence-corrected chi connectivity index (χ3v) is 6.02. The molecule has 0 bridgehead atoms. The van der Waals surface area contributed by atoms with Crippen LogP contribution in [0.3, 0.4) is 0 Å². The number of ether oxygens (including phenoxy) is 2. The van der Waals surface area contributed by atoms with Gasteiger partial charge in [0.2, 0.25) is 5.91 Å². The van der Waals surface area contributed by atoms with Crippen molar-refractivity contribution in [2.75, 3.05) is 23.9 Å². The van der Waals surface area contributed by atoms with E-state index in [2.05, 4.69) is 24.5 Å². The zero-order chi connectivity index (χ0) is 22.2. The molecule has 2 aromatic carbocycles. The largest absolute Gasteiger partial charge is 0.497 e. The van der Waals surface area contributed by atoms with Crippen molar-refractivity contribution in [1.82, 2.24) is 5.32 Å². The fourth-order valence-electron chi connectivity index (χ4n) is 4.35. The van der Waals surface area contributed by atoms with Gasteiger partial charge >= 0.3 is 0 Å². The molecule has 2 aromatic rings. The number of amides is 1. The average molecular weight is 440 g/mol. The molecule has 0 saturated carbocycles. The molecule has 31 heavy (non-hydrogen) atoms. The summed E-state index contributed by atoms with van der Waals surface area (Å²) in [5, 5.41) is 7.29. The number of nitrogens with zero attached hydrogens (tertiary/aromatic N) is 1. The first-order chi connectivity index (χ1) is 14.8. The number of rotatable bonds is 4. The molecule has 1 atom stereocenters. The highest BCUT2D eigenvalue weighted by Gasteiger charge is 2.34. The summed E-state index contributed by atoms with van der Waals surface area (Å²) in [5.41, 5.74) is 3.65. The molecule has 2 aliphatic heterocycles. The van der Waals surface area contributed by atoms with Crippen molar-refractivity contribution in [2.24, 2.45) is 0 Å². The SMILES string of the molecule is COc1ccc2c(c1)OC(C)(C)CC2NC(=S)Nc1ccc(N2CCCC2=O)c(C)c1. The average Bonchev–Trinajstić information content (AvgIpc) is 3.12. The number of benzene rings is 2. The molecule has 2 heterocycles. The highest BCUT2D eigenvalue weighted by Crippen LogP contribution is 2.41. The molecule has 1 fully saturated rings. The van der Waals surface area contributed by atoms with Gasteiger partial charge in [0.25, 0.3) is 0 Å². The van der Waals surface area contributed by atoms with Crippen molar-refractivity contribution in [3.63, 3.8) is 0 Å². The minimum Gasteiger partial charge on any atom is -0.497 e. The van der Waals surface area contributed by atoms with Gasteiger partial charge in [-0.05, 0) is 75.3 Å². The molecule has 1 unspecified atom stereocenters. The van der Waals surface area contributed by atoms with E-state index in [1.54, 1.807) is 7.11 Å². The van der Waals surface area contributed by atoms with Crippen LogP contribution in [0.2, 0.25) is 0 Å². The Balaban J connectivity index is 1.48. The number of hydrogen-bond donors (Lipinski definition) is 2. The summed E-state index contributed by atoms with van der Waals surface area (Å²) in [7, 11) is 1.65. The minimum absolute atomic E-state index is 0.0206. The highest BCUT2D eigenvalue weighted by molar-refractivity contribution is 7.80. The summed E-state index contributed by atoms with van der Waals surface area (Å²) in [5.74, 6) is 1.77. The number of thiocarbonyl (C=S) groups is 1. The second kappa shape index (κ2) is 8.38. The van der Waals surface area contributed by atoms with E-state index >= 15 is 0 Å². The van der Waals surface area contributed by atoms with Crippen molar-refractivity contribution in [3.8, 4) is 11.5 Å². The smallest absolute Gasteiger partial charge is 0.227 e. The summed E-state index contributed by atoms with van der Waals surface area (Å²) in [6.45, 7) is 6.95. The predicted octanol–water partition coefficient (Wildman–Crippen LogP) is 4.72. The van der Waals surface area contributed by atoms with E-state index in [1.165, 1.54) is 0 Å². The van der Waals surface area contributed by atoms with Crippen LogP contribution in [-0.2, 0) is 4.79 Å². The molecule has 164 valence electrons. The summed E-state index contributed by atoms with van der Waals surface area (Å²) in [6.07, 6.45) is 2.33. The summed E-state index contributed by atoms with van der Waals surface area (Å²) < 4.78 is 11.5. The Morgan fingerprint density at radius 2 is 2.06 bits per heavy atom. The van der Waals surface area contributed by atoms with Crippen LogP contribution in [0.5, 0.6) is 11.5 Å². The zero-order valence-corrected chi connectivity index (χ0v) is 19.3. The lowest BCUT2D eigenvalue weighted by molar-refractivity contribution is -0.117. The standard InChI is InChI=1S/C24H29N3O3S/c1-15-12-16(7-10-20(15)27-11-5-6-22(27)28)25-23(31)26-19-14-24(2,3)30-21-13-17(29-4)8-9-18(19)21/h7-10,12-13,19H,5-6,11,14H2,1-4H3,(H2,25,26,31). The number of anilines is 2. The Morgan fingerprint density at radius 1 is 1.26 bits per heavy atom. The molecule has 6 nitrogen and oxygen atoms in total. The molecule has 0 radical (unpaired) electrons. The minimum atomic E-state index is -0.326. The summed E-state index contributed by atoms with van der Waals surface area (Å²) in [4.78, 5) is 13.9. The molecule has 2 N–H and O–H groups in total. The van der Waals surface area contributed by atoms with E-state index < -0.39 is 0 Å². The van der Waals surface area contributed by atoms with Gasteiger partial charge in [-0.25, -0.2) is 0 Å². The van der Waals surface area contributed by atoms with Crippen molar-refractivity contribution in [2.45, 2.75) is 51.7 Å². The Bertz CT molecular complexity index is 1020. The summed E-state index contributed by atoms with van der Waals surface area (Å²) in [6, 6.07) is 11.9. The molecule has 2 aliphatic rings. The quantitative estimate of drug-likeness (QED) is 0.672. The van der Waals surface area contributed by atoms with Gasteiger partial charge in [0, 0.05) is 42.4 Å².